The molecule has 0 amide bonds. The first-order valence-corrected chi connectivity index (χ1v) is 13.7. The average Bonchev–Trinajstić information content (AvgIpc) is 3.67. The van der Waals surface area contributed by atoms with Crippen molar-refractivity contribution >= 4 is 39.6 Å². The predicted octanol–water partition coefficient (Wildman–Crippen LogP) is 8.57. The zero-order valence-electron chi connectivity index (χ0n) is 22.3. The summed E-state index contributed by atoms with van der Waals surface area (Å²) in [6.07, 6.45) is 1.67. The monoisotopic (exact) mass is 542 g/mol. The van der Waals surface area contributed by atoms with Crippen molar-refractivity contribution in [3.8, 4) is 28.3 Å². The summed E-state index contributed by atoms with van der Waals surface area (Å²) >= 11 is 0. The molecular formula is C37H22N2O3. The maximum absolute atomic E-state index is 13.6. The molecule has 0 atom stereocenters. The summed E-state index contributed by atoms with van der Waals surface area (Å²) in [6.45, 7) is 0. The summed E-state index contributed by atoms with van der Waals surface area (Å²) in [5.41, 5.74) is 6.70. The Hall–Kier alpha value is -5.81. The van der Waals surface area contributed by atoms with E-state index in [0.717, 1.165) is 33.2 Å². The van der Waals surface area contributed by atoms with Crippen molar-refractivity contribution in [2.75, 3.05) is 0 Å². The molecule has 198 valence electrons. The van der Waals surface area contributed by atoms with Crippen LogP contribution in [0.25, 0.3) is 56.3 Å². The van der Waals surface area contributed by atoms with Gasteiger partial charge in [0.15, 0.2) is 22.8 Å². The van der Waals surface area contributed by atoms with Gasteiger partial charge in [-0.3, -0.25) is 14.2 Å². The van der Waals surface area contributed by atoms with Crippen LogP contribution < -0.4 is 0 Å². The lowest BCUT2D eigenvalue weighted by Crippen LogP contribution is -2.03. The van der Waals surface area contributed by atoms with Crippen LogP contribution in [0.1, 0.15) is 26.4 Å². The van der Waals surface area contributed by atoms with Crippen LogP contribution in [0.2, 0.25) is 0 Å². The van der Waals surface area contributed by atoms with Gasteiger partial charge in [-0.2, -0.15) is 4.98 Å². The molecule has 5 heteroatoms. The minimum atomic E-state index is -0.275. The number of hydrogen-bond donors (Lipinski definition) is 0. The van der Waals surface area contributed by atoms with Crippen molar-refractivity contribution in [1.29, 1.82) is 0 Å². The minimum absolute atomic E-state index is 0.130. The number of fused-ring (bicyclic) bond motifs is 3. The molecule has 0 unspecified atom stereocenters. The highest BCUT2D eigenvalue weighted by Crippen LogP contribution is 2.35. The topological polar surface area (TPSA) is 65.1 Å². The summed E-state index contributed by atoms with van der Waals surface area (Å²) in [6, 6.07) is 41.2. The third-order valence-corrected chi connectivity index (χ3v) is 7.79. The number of rotatable bonds is 4. The van der Waals surface area contributed by atoms with Crippen LogP contribution in [0.5, 0.6) is 0 Å². The third-order valence-electron chi connectivity index (χ3n) is 7.79. The molecule has 0 radical (unpaired) electrons. The van der Waals surface area contributed by atoms with E-state index in [2.05, 4.69) is 24.3 Å². The molecule has 0 bridgehead atoms. The maximum Gasteiger partial charge on any atom is 0.228 e. The van der Waals surface area contributed by atoms with Crippen molar-refractivity contribution in [2.24, 2.45) is 0 Å². The number of nitrogens with zero attached hydrogens (tertiary/aromatic N) is 2. The largest absolute Gasteiger partial charge is 0.434 e. The Morgan fingerprint density at radius 2 is 1.14 bits per heavy atom. The third kappa shape index (κ3) is 3.83. The van der Waals surface area contributed by atoms with Crippen LogP contribution in [0.15, 0.2) is 137 Å². The van der Waals surface area contributed by atoms with Crippen molar-refractivity contribution in [3.63, 3.8) is 0 Å². The molecule has 1 aliphatic rings. The lowest BCUT2D eigenvalue weighted by atomic mass is 10.0. The van der Waals surface area contributed by atoms with Crippen LogP contribution in [0.3, 0.4) is 0 Å². The highest BCUT2D eigenvalue weighted by atomic mass is 16.3. The first kappa shape index (κ1) is 24.0. The molecule has 0 saturated heterocycles. The molecule has 1 aliphatic carbocycles. The quantitative estimate of drug-likeness (QED) is 0.165. The lowest BCUT2D eigenvalue weighted by molar-refractivity contribution is 0.0990. The number of carbonyl (C=O) groups is 2. The fourth-order valence-electron chi connectivity index (χ4n) is 5.70. The van der Waals surface area contributed by atoms with Crippen molar-refractivity contribution in [1.82, 2.24) is 9.55 Å². The van der Waals surface area contributed by atoms with E-state index < -0.39 is 0 Å². The summed E-state index contributed by atoms with van der Waals surface area (Å²) in [4.78, 5) is 32.0. The number of aromatic nitrogens is 2. The van der Waals surface area contributed by atoms with Gasteiger partial charge in [-0.05, 0) is 64.4 Å². The zero-order chi connectivity index (χ0) is 28.2. The maximum atomic E-state index is 13.6. The van der Waals surface area contributed by atoms with Gasteiger partial charge in [0.25, 0.3) is 0 Å². The van der Waals surface area contributed by atoms with E-state index in [1.165, 1.54) is 0 Å². The molecule has 2 heterocycles. The van der Waals surface area contributed by atoms with E-state index in [-0.39, 0.29) is 17.1 Å². The van der Waals surface area contributed by atoms with Gasteiger partial charge in [-0.1, -0.05) is 84.9 Å². The second-order valence-electron chi connectivity index (χ2n) is 10.4. The van der Waals surface area contributed by atoms with Gasteiger partial charge in [-0.25, -0.2) is 0 Å². The number of ketones is 2. The van der Waals surface area contributed by atoms with E-state index in [0.29, 0.717) is 33.9 Å². The van der Waals surface area contributed by atoms with Gasteiger partial charge in [0.05, 0.1) is 11.3 Å². The summed E-state index contributed by atoms with van der Waals surface area (Å²) < 4.78 is 8.13. The Balaban J connectivity index is 1.28. The Bertz CT molecular complexity index is 2150. The van der Waals surface area contributed by atoms with Gasteiger partial charge in [0.2, 0.25) is 5.89 Å². The second kappa shape index (κ2) is 9.39. The van der Waals surface area contributed by atoms with Crippen LogP contribution in [-0.2, 0) is 0 Å². The van der Waals surface area contributed by atoms with Gasteiger partial charge < -0.3 is 4.42 Å². The Kier molecular flexibility index (Phi) is 5.37. The number of Topliss-reactive ketones (excluding diaryl/α,β-unsaturated/α-hetero) is 2. The molecule has 8 rings (SSSR count). The number of allylic oxidation sites excluding steroid dienone is 1. The number of hydrogen-bond acceptors (Lipinski definition) is 4. The average molecular weight is 543 g/mol. The Morgan fingerprint density at radius 1 is 0.595 bits per heavy atom. The molecule has 5 aromatic carbocycles. The highest BCUT2D eigenvalue weighted by molar-refractivity contribution is 6.42. The summed E-state index contributed by atoms with van der Waals surface area (Å²) in [5.74, 6) is -0.0495. The molecule has 0 spiro atoms. The fraction of sp³-hybridized carbons (Fsp3) is 0. The SMILES string of the molecule is O=C1C(=Cc2cc3oc(-c4ccccc4)nc3n2-c2ccc(-c3ccccc3)cc2)C(=O)c2cc3ccccc3cc21. The van der Waals surface area contributed by atoms with Crippen LogP contribution in [-0.4, -0.2) is 21.1 Å². The molecule has 2 aromatic heterocycles. The molecule has 7 aromatic rings. The van der Waals surface area contributed by atoms with Crippen molar-refractivity contribution < 1.29 is 14.0 Å². The van der Waals surface area contributed by atoms with E-state index >= 15 is 0 Å². The molecule has 0 aliphatic heterocycles. The summed E-state index contributed by atoms with van der Waals surface area (Å²) in [5, 5.41) is 1.85. The van der Waals surface area contributed by atoms with Crippen molar-refractivity contribution in [3.05, 3.63) is 150 Å². The Labute approximate surface area is 241 Å². The van der Waals surface area contributed by atoms with Gasteiger partial charge in [0, 0.05) is 28.4 Å². The number of carbonyl (C=O) groups excluding carboxylic acids is 2. The van der Waals surface area contributed by atoms with E-state index in [4.69, 9.17) is 9.40 Å². The van der Waals surface area contributed by atoms with Crippen LogP contribution in [0, 0.1) is 0 Å². The first-order valence-electron chi connectivity index (χ1n) is 13.7. The lowest BCUT2D eigenvalue weighted by Gasteiger charge is -2.09. The first-order chi connectivity index (χ1) is 20.6. The molecule has 5 nitrogen and oxygen atoms in total. The van der Waals surface area contributed by atoms with Gasteiger partial charge >= 0.3 is 0 Å². The number of oxazole rings is 1. The standard InChI is InChI=1S/C37H22N2O3/c40-34-30-19-26-13-7-8-14-27(26)20-31(30)35(41)32(34)21-29-22-33-36(38-37(42-33)25-11-5-2-6-12-25)39(29)28-17-15-24(16-18-28)23-9-3-1-4-10-23/h1-22H. The number of benzene rings is 5. The van der Waals surface area contributed by atoms with Crippen LogP contribution in [0.4, 0.5) is 0 Å². The van der Waals surface area contributed by atoms with E-state index in [1.54, 1.807) is 6.08 Å². The minimum Gasteiger partial charge on any atom is -0.434 e. The molecule has 0 saturated carbocycles. The smallest absolute Gasteiger partial charge is 0.228 e. The van der Waals surface area contributed by atoms with E-state index in [9.17, 15) is 9.59 Å². The molecule has 0 fully saturated rings. The molecule has 0 N–H and O–H groups in total. The predicted molar refractivity (Wildman–Crippen MR) is 165 cm³/mol. The van der Waals surface area contributed by atoms with Gasteiger partial charge in [-0.15, -0.1) is 0 Å². The molecular weight excluding hydrogens is 520 g/mol. The Morgan fingerprint density at radius 3 is 1.76 bits per heavy atom. The van der Waals surface area contributed by atoms with Crippen LogP contribution >= 0.6 is 0 Å². The zero-order valence-corrected chi connectivity index (χ0v) is 22.3. The normalized spacial score (nSPS) is 12.8. The highest BCUT2D eigenvalue weighted by Gasteiger charge is 2.34. The summed E-state index contributed by atoms with van der Waals surface area (Å²) in [7, 11) is 0. The van der Waals surface area contributed by atoms with E-state index in [1.807, 2.05) is 108 Å². The van der Waals surface area contributed by atoms with Crippen molar-refractivity contribution in [2.45, 2.75) is 0 Å². The van der Waals surface area contributed by atoms with Gasteiger partial charge in [0.1, 0.15) is 0 Å². The molecule has 42 heavy (non-hydrogen) atoms. The fourth-order valence-corrected chi connectivity index (χ4v) is 5.70. The second-order valence-corrected chi connectivity index (χ2v) is 10.4.